The van der Waals surface area contributed by atoms with E-state index >= 15 is 0 Å². The summed E-state index contributed by atoms with van der Waals surface area (Å²) in [5.41, 5.74) is 2.10. The van der Waals surface area contributed by atoms with Gasteiger partial charge in [0, 0.05) is 0 Å². The molecule has 0 aliphatic rings. The summed E-state index contributed by atoms with van der Waals surface area (Å²) >= 11 is 0. The van der Waals surface area contributed by atoms with E-state index in [-0.39, 0.29) is 29.6 Å². The van der Waals surface area contributed by atoms with Crippen molar-refractivity contribution in [2.45, 2.75) is 24.5 Å². The van der Waals surface area contributed by atoms with Crippen LogP contribution in [0.1, 0.15) is 30.0 Å². The Balaban J connectivity index is 1.74. The van der Waals surface area contributed by atoms with Gasteiger partial charge in [0.05, 0.1) is 39.9 Å². The Labute approximate surface area is 202 Å². The van der Waals surface area contributed by atoms with Crippen molar-refractivity contribution in [1.82, 2.24) is 9.55 Å². The molecule has 0 radical (unpaired) electrons. The lowest BCUT2D eigenvalue weighted by atomic mass is 10.1. The van der Waals surface area contributed by atoms with E-state index < -0.39 is 22.1 Å². The van der Waals surface area contributed by atoms with Crippen LogP contribution in [-0.4, -0.2) is 35.7 Å². The lowest BCUT2D eigenvalue weighted by molar-refractivity contribution is -0.143. The molecule has 4 rings (SSSR count). The average Bonchev–Trinajstić information content (AvgIpc) is 3.21. The van der Waals surface area contributed by atoms with E-state index in [1.165, 1.54) is 22.8 Å². The van der Waals surface area contributed by atoms with Gasteiger partial charge < -0.3 is 14.4 Å². The quantitative estimate of drug-likeness (QED) is 0.362. The van der Waals surface area contributed by atoms with Crippen molar-refractivity contribution in [1.29, 1.82) is 5.26 Å². The first-order chi connectivity index (χ1) is 16.8. The Kier molecular flexibility index (Phi) is 6.82. The van der Waals surface area contributed by atoms with E-state index in [0.29, 0.717) is 22.2 Å². The highest BCUT2D eigenvalue weighted by atomic mass is 32.2. The predicted molar refractivity (Wildman–Crippen MR) is 129 cm³/mol. The number of nitrogens with zero attached hydrogens (tertiary/aromatic N) is 3. The number of benzene rings is 3. The summed E-state index contributed by atoms with van der Waals surface area (Å²) in [4.78, 5) is 16.9. The number of imidazole rings is 1. The van der Waals surface area contributed by atoms with Gasteiger partial charge in [0.25, 0.3) is 10.0 Å². The second kappa shape index (κ2) is 9.97. The summed E-state index contributed by atoms with van der Waals surface area (Å²) in [7, 11) is -3.81. The fourth-order valence-electron chi connectivity index (χ4n) is 3.63. The standard InChI is InChI=1S/C25H22N4O5S/c1-2-34-23(30)16-29-22-13-12-19(28-35(32,33)20-6-4-3-5-7-20)14-21(22)27-25(29)24(31)18-10-8-17(15-26)9-11-18/h3-14,24,28,31H,2,16H2,1H3. The van der Waals surface area contributed by atoms with Gasteiger partial charge >= 0.3 is 5.97 Å². The minimum atomic E-state index is -3.81. The van der Waals surface area contributed by atoms with Gasteiger partial charge in [-0.3, -0.25) is 9.52 Å². The number of ether oxygens (including phenoxy) is 1. The number of sulfonamides is 1. The van der Waals surface area contributed by atoms with Crippen LogP contribution < -0.4 is 4.72 Å². The second-order valence-electron chi connectivity index (χ2n) is 7.62. The lowest BCUT2D eigenvalue weighted by Gasteiger charge is -2.14. The first kappa shape index (κ1) is 23.9. The van der Waals surface area contributed by atoms with Crippen molar-refractivity contribution in [3.8, 4) is 6.07 Å². The number of nitriles is 1. The van der Waals surface area contributed by atoms with Crippen LogP contribution in [0.15, 0.2) is 77.7 Å². The summed E-state index contributed by atoms with van der Waals surface area (Å²) in [6.45, 7) is 1.70. The first-order valence-electron chi connectivity index (χ1n) is 10.7. The monoisotopic (exact) mass is 490 g/mol. The van der Waals surface area contributed by atoms with Gasteiger partial charge in [-0.1, -0.05) is 30.3 Å². The third kappa shape index (κ3) is 5.16. The van der Waals surface area contributed by atoms with E-state index in [2.05, 4.69) is 9.71 Å². The van der Waals surface area contributed by atoms with Gasteiger partial charge in [-0.05, 0) is 55.0 Å². The zero-order valence-corrected chi connectivity index (χ0v) is 19.6. The molecule has 1 unspecified atom stereocenters. The number of carbonyl (C=O) groups excluding carboxylic acids is 1. The Hall–Kier alpha value is -4.20. The highest BCUT2D eigenvalue weighted by Gasteiger charge is 2.23. The highest BCUT2D eigenvalue weighted by molar-refractivity contribution is 7.92. The Morgan fingerprint density at radius 1 is 1.14 bits per heavy atom. The normalized spacial score (nSPS) is 12.1. The van der Waals surface area contributed by atoms with E-state index in [0.717, 1.165) is 0 Å². The van der Waals surface area contributed by atoms with Crippen LogP contribution in [0.3, 0.4) is 0 Å². The van der Waals surface area contributed by atoms with E-state index in [1.807, 2.05) is 6.07 Å². The molecule has 4 aromatic rings. The third-order valence-corrected chi connectivity index (χ3v) is 6.67. The molecule has 1 aromatic heterocycles. The van der Waals surface area contributed by atoms with Crippen LogP contribution in [0.25, 0.3) is 11.0 Å². The smallest absolute Gasteiger partial charge is 0.326 e. The molecule has 178 valence electrons. The van der Waals surface area contributed by atoms with Crippen molar-refractivity contribution >= 4 is 32.7 Å². The molecular weight excluding hydrogens is 468 g/mol. The number of hydrogen-bond donors (Lipinski definition) is 2. The molecule has 0 amide bonds. The molecule has 10 heteroatoms. The SMILES string of the molecule is CCOC(=O)Cn1c(C(O)c2ccc(C#N)cc2)nc2cc(NS(=O)(=O)c3ccccc3)ccc21. The number of anilines is 1. The second-order valence-corrected chi connectivity index (χ2v) is 9.30. The average molecular weight is 491 g/mol. The number of fused-ring (bicyclic) bond motifs is 1. The van der Waals surface area contributed by atoms with Crippen molar-refractivity contribution in [3.05, 3.63) is 89.7 Å². The Morgan fingerprint density at radius 2 is 1.86 bits per heavy atom. The zero-order valence-electron chi connectivity index (χ0n) is 18.7. The number of aliphatic hydroxyl groups excluding tert-OH is 1. The van der Waals surface area contributed by atoms with Gasteiger partial charge in [0.15, 0.2) is 0 Å². The van der Waals surface area contributed by atoms with E-state index in [1.54, 1.807) is 61.5 Å². The van der Waals surface area contributed by atoms with Crippen LogP contribution in [-0.2, 0) is 26.1 Å². The number of rotatable bonds is 8. The molecule has 0 aliphatic carbocycles. The van der Waals surface area contributed by atoms with Crippen molar-refractivity contribution in [2.75, 3.05) is 11.3 Å². The number of hydrogen-bond acceptors (Lipinski definition) is 7. The molecule has 35 heavy (non-hydrogen) atoms. The van der Waals surface area contributed by atoms with Gasteiger partial charge in [-0.15, -0.1) is 0 Å². The molecule has 0 saturated heterocycles. The van der Waals surface area contributed by atoms with Gasteiger partial charge in [0.1, 0.15) is 18.5 Å². The van der Waals surface area contributed by atoms with Crippen LogP contribution >= 0.6 is 0 Å². The zero-order chi connectivity index (χ0) is 25.0. The summed E-state index contributed by atoms with van der Waals surface area (Å²) in [5, 5.41) is 20.1. The summed E-state index contributed by atoms with van der Waals surface area (Å²) in [6.07, 6.45) is -1.20. The maximum atomic E-state index is 12.7. The minimum absolute atomic E-state index is 0.116. The molecule has 0 bridgehead atoms. The topological polar surface area (TPSA) is 134 Å². The molecule has 0 aliphatic heterocycles. The summed E-state index contributed by atoms with van der Waals surface area (Å²) < 4.78 is 34.6. The molecule has 9 nitrogen and oxygen atoms in total. The number of aromatic nitrogens is 2. The molecule has 0 fully saturated rings. The highest BCUT2D eigenvalue weighted by Crippen LogP contribution is 2.28. The molecule has 0 spiro atoms. The fourth-order valence-corrected chi connectivity index (χ4v) is 4.70. The van der Waals surface area contributed by atoms with Crippen molar-refractivity contribution in [2.24, 2.45) is 0 Å². The first-order valence-corrected chi connectivity index (χ1v) is 12.2. The van der Waals surface area contributed by atoms with Gasteiger partial charge in [-0.25, -0.2) is 13.4 Å². The summed E-state index contributed by atoms with van der Waals surface area (Å²) in [6, 6.07) is 21.1. The van der Waals surface area contributed by atoms with Crippen molar-refractivity contribution < 1.29 is 23.1 Å². The third-order valence-electron chi connectivity index (χ3n) is 5.28. The number of carbonyl (C=O) groups is 1. The Morgan fingerprint density at radius 3 is 2.51 bits per heavy atom. The molecule has 1 atom stereocenters. The largest absolute Gasteiger partial charge is 0.465 e. The summed E-state index contributed by atoms with van der Waals surface area (Å²) in [5.74, 6) is -0.324. The number of esters is 1. The number of aliphatic hydroxyl groups is 1. The molecule has 0 saturated carbocycles. The molecule has 1 heterocycles. The Bertz CT molecular complexity index is 1510. The van der Waals surface area contributed by atoms with Crippen LogP contribution in [0, 0.1) is 11.3 Å². The van der Waals surface area contributed by atoms with E-state index in [9.17, 15) is 18.3 Å². The van der Waals surface area contributed by atoms with E-state index in [4.69, 9.17) is 10.00 Å². The van der Waals surface area contributed by atoms with Crippen LogP contribution in [0.5, 0.6) is 0 Å². The molecular formula is C25H22N4O5S. The number of nitrogens with one attached hydrogen (secondary N) is 1. The molecule has 2 N–H and O–H groups in total. The fraction of sp³-hybridized carbons (Fsp3) is 0.160. The maximum absolute atomic E-state index is 12.7. The van der Waals surface area contributed by atoms with Crippen LogP contribution in [0.4, 0.5) is 5.69 Å². The lowest BCUT2D eigenvalue weighted by Crippen LogP contribution is -2.17. The molecule has 3 aromatic carbocycles. The van der Waals surface area contributed by atoms with Gasteiger partial charge in [-0.2, -0.15) is 5.26 Å². The maximum Gasteiger partial charge on any atom is 0.326 e. The predicted octanol–water partition coefficient (Wildman–Crippen LogP) is 3.35. The van der Waals surface area contributed by atoms with Crippen molar-refractivity contribution in [3.63, 3.8) is 0 Å². The minimum Gasteiger partial charge on any atom is -0.465 e. The van der Waals surface area contributed by atoms with Crippen LogP contribution in [0.2, 0.25) is 0 Å². The van der Waals surface area contributed by atoms with Gasteiger partial charge in [0.2, 0.25) is 0 Å².